The highest BCUT2D eigenvalue weighted by Crippen LogP contribution is 2.42. The maximum atomic E-state index is 5.61. The molecule has 1 aromatic heterocycles. The first-order valence-corrected chi connectivity index (χ1v) is 9.45. The first kappa shape index (κ1) is 17.1. The molecule has 5 rings (SSSR count). The van der Waals surface area contributed by atoms with Gasteiger partial charge in [0.15, 0.2) is 23.0 Å². The smallest absolute Gasteiger partial charge is 0.231 e. The normalized spacial score (nSPS) is 14.2. The van der Waals surface area contributed by atoms with E-state index in [1.165, 1.54) is 5.56 Å². The van der Waals surface area contributed by atoms with Crippen molar-refractivity contribution < 1.29 is 18.9 Å². The Morgan fingerprint density at radius 3 is 2.57 bits per heavy atom. The van der Waals surface area contributed by atoms with Crippen LogP contribution < -0.4 is 18.9 Å². The standard InChI is InChI=1S/C22H22N2O4/c1-24(2)7-3-4-14-9-20-21(27-12-26-20)10-16(14)18-8-15-5-6-19-22(28-13-25-19)17(15)11-23-18/h5-6,8-11H,3-4,7,12-13H2,1-2H3. The molecule has 3 aromatic rings. The number of aryl methyl sites for hydroxylation is 1. The lowest BCUT2D eigenvalue weighted by Gasteiger charge is -2.14. The van der Waals surface area contributed by atoms with Crippen LogP contribution in [0.5, 0.6) is 23.0 Å². The summed E-state index contributed by atoms with van der Waals surface area (Å²) in [6, 6.07) is 10.2. The van der Waals surface area contributed by atoms with E-state index in [2.05, 4.69) is 37.2 Å². The molecule has 3 heterocycles. The molecule has 2 aliphatic heterocycles. The van der Waals surface area contributed by atoms with Gasteiger partial charge in [0, 0.05) is 17.1 Å². The fourth-order valence-corrected chi connectivity index (χ4v) is 3.75. The molecule has 0 spiro atoms. The number of rotatable bonds is 5. The van der Waals surface area contributed by atoms with Gasteiger partial charge in [-0.25, -0.2) is 0 Å². The molecule has 0 atom stereocenters. The van der Waals surface area contributed by atoms with Gasteiger partial charge in [-0.05, 0) is 68.7 Å². The minimum Gasteiger partial charge on any atom is -0.454 e. The SMILES string of the molecule is CN(C)CCCc1cc2c(cc1-c1cc3ccc4c(c3cn1)OCO4)OCO2. The third-order valence-electron chi connectivity index (χ3n) is 5.16. The van der Waals surface area contributed by atoms with E-state index in [0.29, 0.717) is 0 Å². The first-order valence-electron chi connectivity index (χ1n) is 9.45. The predicted molar refractivity (Wildman–Crippen MR) is 106 cm³/mol. The zero-order valence-electron chi connectivity index (χ0n) is 16.0. The molecule has 28 heavy (non-hydrogen) atoms. The lowest BCUT2D eigenvalue weighted by molar-refractivity contribution is 0.174. The summed E-state index contributed by atoms with van der Waals surface area (Å²) in [7, 11) is 4.19. The second kappa shape index (κ2) is 6.87. The van der Waals surface area contributed by atoms with Gasteiger partial charge in [-0.15, -0.1) is 0 Å². The van der Waals surface area contributed by atoms with E-state index in [9.17, 15) is 0 Å². The summed E-state index contributed by atoms with van der Waals surface area (Å²) in [6.07, 6.45) is 3.88. The Hall–Kier alpha value is -2.99. The molecule has 0 radical (unpaired) electrons. The second-order valence-electron chi connectivity index (χ2n) is 7.36. The maximum absolute atomic E-state index is 5.61. The number of ether oxygens (including phenoxy) is 4. The van der Waals surface area contributed by atoms with Gasteiger partial charge in [-0.3, -0.25) is 4.98 Å². The first-order chi connectivity index (χ1) is 13.7. The van der Waals surface area contributed by atoms with Crippen molar-refractivity contribution in [3.63, 3.8) is 0 Å². The van der Waals surface area contributed by atoms with Crippen molar-refractivity contribution in [2.24, 2.45) is 0 Å². The van der Waals surface area contributed by atoms with Crippen molar-refractivity contribution in [3.8, 4) is 34.3 Å². The van der Waals surface area contributed by atoms with Crippen molar-refractivity contribution in [2.45, 2.75) is 12.8 Å². The van der Waals surface area contributed by atoms with Gasteiger partial charge in [-0.1, -0.05) is 6.07 Å². The average molecular weight is 378 g/mol. The largest absolute Gasteiger partial charge is 0.454 e. The highest BCUT2D eigenvalue weighted by Gasteiger charge is 2.21. The average Bonchev–Trinajstić information content (AvgIpc) is 3.35. The Morgan fingerprint density at radius 1 is 0.929 bits per heavy atom. The molecule has 0 aliphatic carbocycles. The van der Waals surface area contributed by atoms with Crippen LogP contribution in [0.3, 0.4) is 0 Å². The number of nitrogens with zero attached hydrogens (tertiary/aromatic N) is 2. The van der Waals surface area contributed by atoms with E-state index >= 15 is 0 Å². The summed E-state index contributed by atoms with van der Waals surface area (Å²) >= 11 is 0. The van der Waals surface area contributed by atoms with Crippen molar-refractivity contribution >= 4 is 10.8 Å². The summed E-state index contributed by atoms with van der Waals surface area (Å²) in [6.45, 7) is 1.56. The van der Waals surface area contributed by atoms with Crippen LogP contribution >= 0.6 is 0 Å². The number of aromatic nitrogens is 1. The second-order valence-corrected chi connectivity index (χ2v) is 7.36. The summed E-state index contributed by atoms with van der Waals surface area (Å²) in [4.78, 5) is 6.94. The number of benzene rings is 2. The van der Waals surface area contributed by atoms with Gasteiger partial charge < -0.3 is 23.8 Å². The number of pyridine rings is 1. The van der Waals surface area contributed by atoms with Gasteiger partial charge in [0.25, 0.3) is 0 Å². The van der Waals surface area contributed by atoms with Crippen LogP contribution in [0, 0.1) is 0 Å². The van der Waals surface area contributed by atoms with E-state index in [1.54, 1.807) is 0 Å². The third kappa shape index (κ3) is 2.99. The van der Waals surface area contributed by atoms with Gasteiger partial charge >= 0.3 is 0 Å². The molecule has 6 nitrogen and oxygen atoms in total. The monoisotopic (exact) mass is 378 g/mol. The van der Waals surface area contributed by atoms with Crippen LogP contribution in [0.15, 0.2) is 36.5 Å². The Balaban J connectivity index is 1.56. The topological polar surface area (TPSA) is 53.1 Å². The lowest BCUT2D eigenvalue weighted by atomic mass is 9.97. The quantitative estimate of drug-likeness (QED) is 0.672. The molecule has 144 valence electrons. The molecular weight excluding hydrogens is 356 g/mol. The summed E-state index contributed by atoms with van der Waals surface area (Å²) in [5, 5.41) is 2.04. The van der Waals surface area contributed by atoms with Crippen molar-refractivity contribution in [2.75, 3.05) is 34.2 Å². The van der Waals surface area contributed by atoms with Crippen LogP contribution in [0.25, 0.3) is 22.0 Å². The lowest BCUT2D eigenvalue weighted by Crippen LogP contribution is -2.13. The fraction of sp³-hybridized carbons (Fsp3) is 0.318. The van der Waals surface area contributed by atoms with Crippen LogP contribution in [0.1, 0.15) is 12.0 Å². The van der Waals surface area contributed by atoms with E-state index in [1.807, 2.05) is 18.3 Å². The Bertz CT molecular complexity index is 1050. The molecular formula is C22H22N2O4. The summed E-state index contributed by atoms with van der Waals surface area (Å²) in [5.41, 5.74) is 3.23. The molecule has 0 bridgehead atoms. The van der Waals surface area contributed by atoms with E-state index in [-0.39, 0.29) is 13.6 Å². The Kier molecular flexibility index (Phi) is 4.20. The van der Waals surface area contributed by atoms with Crippen LogP contribution in [0.4, 0.5) is 0 Å². The predicted octanol–water partition coefficient (Wildman–Crippen LogP) is 3.85. The summed E-state index contributed by atoms with van der Waals surface area (Å²) in [5.74, 6) is 3.13. The van der Waals surface area contributed by atoms with Gasteiger partial charge in [0.2, 0.25) is 13.6 Å². The third-order valence-corrected chi connectivity index (χ3v) is 5.16. The number of hydrogen-bond donors (Lipinski definition) is 0. The van der Waals surface area contributed by atoms with Crippen LogP contribution in [-0.2, 0) is 6.42 Å². The Labute approximate surface area is 163 Å². The number of hydrogen-bond acceptors (Lipinski definition) is 6. The molecule has 0 N–H and O–H groups in total. The van der Waals surface area contributed by atoms with Crippen LogP contribution in [0.2, 0.25) is 0 Å². The summed E-state index contributed by atoms with van der Waals surface area (Å²) < 4.78 is 22.3. The molecule has 0 fully saturated rings. The molecule has 2 aromatic carbocycles. The zero-order chi connectivity index (χ0) is 19.1. The molecule has 0 saturated heterocycles. The molecule has 2 aliphatic rings. The van der Waals surface area contributed by atoms with Gasteiger partial charge in [-0.2, -0.15) is 0 Å². The highest BCUT2D eigenvalue weighted by atomic mass is 16.7. The fourth-order valence-electron chi connectivity index (χ4n) is 3.75. The van der Waals surface area contributed by atoms with E-state index in [0.717, 1.165) is 64.4 Å². The zero-order valence-corrected chi connectivity index (χ0v) is 16.0. The minimum atomic E-state index is 0.258. The van der Waals surface area contributed by atoms with Crippen molar-refractivity contribution in [1.29, 1.82) is 0 Å². The van der Waals surface area contributed by atoms with Gasteiger partial charge in [0.05, 0.1) is 5.69 Å². The van der Waals surface area contributed by atoms with Crippen molar-refractivity contribution in [1.82, 2.24) is 9.88 Å². The molecule has 0 amide bonds. The van der Waals surface area contributed by atoms with E-state index in [4.69, 9.17) is 23.9 Å². The Morgan fingerprint density at radius 2 is 1.71 bits per heavy atom. The molecule has 0 saturated carbocycles. The molecule has 0 unspecified atom stereocenters. The maximum Gasteiger partial charge on any atom is 0.231 e. The van der Waals surface area contributed by atoms with Crippen LogP contribution in [-0.4, -0.2) is 44.1 Å². The van der Waals surface area contributed by atoms with Gasteiger partial charge in [0.1, 0.15) is 0 Å². The molecule has 6 heteroatoms. The highest BCUT2D eigenvalue weighted by molar-refractivity contribution is 5.93. The van der Waals surface area contributed by atoms with E-state index < -0.39 is 0 Å². The number of fused-ring (bicyclic) bond motifs is 4. The van der Waals surface area contributed by atoms with Crippen molar-refractivity contribution in [3.05, 3.63) is 42.1 Å². The minimum absolute atomic E-state index is 0.258.